The van der Waals surface area contributed by atoms with Gasteiger partial charge in [-0.3, -0.25) is 9.59 Å². The first-order chi connectivity index (χ1) is 14.1. The number of aromatic nitrogens is 1. The largest absolute Gasteiger partial charge is 0.493 e. The van der Waals surface area contributed by atoms with Gasteiger partial charge in [0.05, 0.1) is 12.8 Å². The van der Waals surface area contributed by atoms with E-state index in [0.717, 1.165) is 16.3 Å². The molecule has 4 rings (SSSR count). The van der Waals surface area contributed by atoms with Crippen molar-refractivity contribution in [1.29, 1.82) is 0 Å². The van der Waals surface area contributed by atoms with E-state index >= 15 is 0 Å². The van der Waals surface area contributed by atoms with Crippen molar-refractivity contribution in [2.24, 2.45) is 0 Å². The summed E-state index contributed by atoms with van der Waals surface area (Å²) in [5.41, 5.74) is 2.46. The number of hydrogen-bond acceptors (Lipinski definition) is 6. The Balaban J connectivity index is 1.62. The van der Waals surface area contributed by atoms with Gasteiger partial charge in [-0.15, -0.1) is 11.3 Å². The average molecular weight is 429 g/mol. The minimum absolute atomic E-state index is 0.0595. The summed E-state index contributed by atoms with van der Waals surface area (Å²) < 4.78 is 10.7. The summed E-state index contributed by atoms with van der Waals surface area (Å²) in [4.78, 5) is 30.7. The molecule has 0 spiro atoms. The molecule has 0 aliphatic carbocycles. The van der Waals surface area contributed by atoms with Gasteiger partial charge in [0.15, 0.2) is 17.8 Å². The molecule has 3 aromatic rings. The maximum Gasteiger partial charge on any atom is 0.270 e. The second-order valence-electron chi connectivity index (χ2n) is 6.32. The number of hydrogen-bond donors (Lipinski definition) is 0. The maximum atomic E-state index is 13.1. The lowest BCUT2D eigenvalue weighted by molar-refractivity contribution is -0.109. The van der Waals surface area contributed by atoms with E-state index in [9.17, 15) is 9.59 Å². The van der Waals surface area contributed by atoms with Crippen LogP contribution in [0, 0.1) is 0 Å². The van der Waals surface area contributed by atoms with E-state index in [1.165, 1.54) is 18.4 Å². The highest BCUT2D eigenvalue weighted by Crippen LogP contribution is 2.36. The SMILES string of the molecule is COc1cc(N2CCc3nc(-c4ccc(Cl)cc4)sc3C2=O)ccc1OCC=O. The van der Waals surface area contributed by atoms with Crippen LogP contribution in [0.25, 0.3) is 10.6 Å². The lowest BCUT2D eigenvalue weighted by Crippen LogP contribution is -2.36. The van der Waals surface area contributed by atoms with Crippen molar-refractivity contribution in [2.45, 2.75) is 6.42 Å². The molecule has 0 N–H and O–H groups in total. The number of thiazole rings is 1. The van der Waals surface area contributed by atoms with Crippen LogP contribution in [-0.4, -0.2) is 37.4 Å². The lowest BCUT2D eigenvalue weighted by atomic mass is 10.1. The van der Waals surface area contributed by atoms with E-state index < -0.39 is 0 Å². The van der Waals surface area contributed by atoms with E-state index in [1.54, 1.807) is 23.1 Å². The molecule has 0 atom stereocenters. The van der Waals surface area contributed by atoms with Gasteiger partial charge in [-0.1, -0.05) is 23.7 Å². The molecular formula is C21H17ClN2O4S. The van der Waals surface area contributed by atoms with Crippen molar-refractivity contribution >= 4 is 40.8 Å². The Hall–Kier alpha value is -2.90. The minimum atomic E-state index is -0.0902. The van der Waals surface area contributed by atoms with Crippen molar-refractivity contribution in [3.63, 3.8) is 0 Å². The molecule has 8 heteroatoms. The third kappa shape index (κ3) is 3.83. The Morgan fingerprint density at radius 1 is 1.21 bits per heavy atom. The van der Waals surface area contributed by atoms with Crippen LogP contribution in [0.2, 0.25) is 5.02 Å². The zero-order chi connectivity index (χ0) is 20.4. The molecule has 1 amide bonds. The highest BCUT2D eigenvalue weighted by molar-refractivity contribution is 7.17. The monoisotopic (exact) mass is 428 g/mol. The Labute approximate surface area is 176 Å². The molecule has 2 aromatic carbocycles. The van der Waals surface area contributed by atoms with Gasteiger partial charge in [0.1, 0.15) is 16.5 Å². The van der Waals surface area contributed by atoms with E-state index in [0.29, 0.717) is 46.3 Å². The molecule has 2 heterocycles. The van der Waals surface area contributed by atoms with Crippen LogP contribution in [0.15, 0.2) is 42.5 Å². The van der Waals surface area contributed by atoms with Crippen LogP contribution in [0.3, 0.4) is 0 Å². The first kappa shape index (κ1) is 19.4. The second-order valence-corrected chi connectivity index (χ2v) is 7.76. The predicted molar refractivity (Wildman–Crippen MR) is 112 cm³/mol. The number of aldehydes is 1. The fourth-order valence-electron chi connectivity index (χ4n) is 3.16. The molecule has 0 radical (unpaired) electrons. The number of methoxy groups -OCH3 is 1. The molecule has 0 fully saturated rings. The Morgan fingerprint density at radius 2 is 2.00 bits per heavy atom. The summed E-state index contributed by atoms with van der Waals surface area (Å²) in [5, 5.41) is 1.46. The standard InChI is InChI=1S/C21H17ClN2O4S/c1-27-18-12-15(6-7-17(18)28-11-10-25)24-9-8-16-19(21(24)26)29-20(23-16)13-2-4-14(22)5-3-13/h2-7,10,12H,8-9,11H2,1H3. The van der Waals surface area contributed by atoms with Crippen LogP contribution in [0.5, 0.6) is 11.5 Å². The molecule has 148 valence electrons. The van der Waals surface area contributed by atoms with Gasteiger partial charge in [0.25, 0.3) is 5.91 Å². The molecule has 0 unspecified atom stereocenters. The maximum absolute atomic E-state index is 13.1. The molecule has 0 saturated heterocycles. The zero-order valence-electron chi connectivity index (χ0n) is 15.6. The van der Waals surface area contributed by atoms with Gasteiger partial charge < -0.3 is 14.4 Å². The molecule has 1 aliphatic heterocycles. The number of halogens is 1. The van der Waals surface area contributed by atoms with Gasteiger partial charge in [-0.05, 0) is 24.3 Å². The number of carbonyl (C=O) groups is 2. The van der Waals surface area contributed by atoms with Gasteiger partial charge in [0.2, 0.25) is 0 Å². The second kappa shape index (κ2) is 8.23. The predicted octanol–water partition coefficient (Wildman–Crippen LogP) is 4.25. The van der Waals surface area contributed by atoms with Gasteiger partial charge >= 0.3 is 0 Å². The molecule has 0 bridgehead atoms. The molecule has 1 aliphatic rings. The number of rotatable bonds is 6. The number of fused-ring (bicyclic) bond motifs is 1. The van der Waals surface area contributed by atoms with Crippen molar-refractivity contribution in [2.75, 3.05) is 25.2 Å². The van der Waals surface area contributed by atoms with Crippen molar-refractivity contribution in [3.05, 3.63) is 58.1 Å². The summed E-state index contributed by atoms with van der Waals surface area (Å²) in [7, 11) is 1.52. The number of nitrogens with zero attached hydrogens (tertiary/aromatic N) is 2. The summed E-state index contributed by atoms with van der Waals surface area (Å²) in [6.07, 6.45) is 1.34. The smallest absolute Gasteiger partial charge is 0.270 e. The Bertz CT molecular complexity index is 1070. The van der Waals surface area contributed by atoms with E-state index in [2.05, 4.69) is 4.98 Å². The van der Waals surface area contributed by atoms with E-state index in [4.69, 9.17) is 21.1 Å². The minimum Gasteiger partial charge on any atom is -0.493 e. The first-order valence-electron chi connectivity index (χ1n) is 8.92. The van der Waals surface area contributed by atoms with Gasteiger partial charge in [-0.2, -0.15) is 0 Å². The number of ether oxygens (including phenoxy) is 2. The Morgan fingerprint density at radius 3 is 2.72 bits per heavy atom. The van der Waals surface area contributed by atoms with Crippen molar-refractivity contribution in [1.82, 2.24) is 4.98 Å². The first-order valence-corrected chi connectivity index (χ1v) is 10.1. The highest BCUT2D eigenvalue weighted by atomic mass is 35.5. The van der Waals surface area contributed by atoms with Crippen molar-refractivity contribution in [3.8, 4) is 22.1 Å². The van der Waals surface area contributed by atoms with E-state index in [-0.39, 0.29) is 12.5 Å². The molecule has 29 heavy (non-hydrogen) atoms. The molecule has 6 nitrogen and oxygen atoms in total. The number of anilines is 1. The lowest BCUT2D eigenvalue weighted by Gasteiger charge is -2.26. The highest BCUT2D eigenvalue weighted by Gasteiger charge is 2.30. The number of amides is 1. The summed E-state index contributed by atoms with van der Waals surface area (Å²) >= 11 is 7.34. The Kier molecular flexibility index (Phi) is 5.51. The fourth-order valence-corrected chi connectivity index (χ4v) is 4.35. The van der Waals surface area contributed by atoms with Gasteiger partial charge in [0, 0.05) is 35.3 Å². The topological polar surface area (TPSA) is 68.7 Å². The molecule has 0 saturated carbocycles. The van der Waals surface area contributed by atoms with Gasteiger partial charge in [-0.25, -0.2) is 4.98 Å². The zero-order valence-corrected chi connectivity index (χ0v) is 17.1. The third-order valence-electron chi connectivity index (χ3n) is 4.57. The third-order valence-corrected chi connectivity index (χ3v) is 5.95. The van der Waals surface area contributed by atoms with Crippen LogP contribution < -0.4 is 14.4 Å². The average Bonchev–Trinajstić information content (AvgIpc) is 3.18. The van der Waals surface area contributed by atoms with Crippen molar-refractivity contribution < 1.29 is 19.1 Å². The van der Waals surface area contributed by atoms with E-state index in [1.807, 2.05) is 24.3 Å². The van der Waals surface area contributed by atoms with Crippen LogP contribution in [0.1, 0.15) is 15.4 Å². The summed E-state index contributed by atoms with van der Waals surface area (Å²) in [5.74, 6) is 0.831. The van der Waals surface area contributed by atoms with Crippen LogP contribution in [0.4, 0.5) is 5.69 Å². The van der Waals surface area contributed by atoms with Crippen LogP contribution in [-0.2, 0) is 11.2 Å². The normalized spacial score (nSPS) is 13.2. The molecule has 1 aromatic heterocycles. The quantitative estimate of drug-likeness (QED) is 0.549. The number of benzene rings is 2. The number of carbonyl (C=O) groups excluding carboxylic acids is 2. The fraction of sp³-hybridized carbons (Fsp3) is 0.190. The summed E-state index contributed by atoms with van der Waals surface area (Å²) in [6, 6.07) is 12.6. The summed E-state index contributed by atoms with van der Waals surface area (Å²) in [6.45, 7) is 0.462. The molecular weight excluding hydrogens is 412 g/mol. The van der Waals surface area contributed by atoms with Crippen LogP contribution >= 0.6 is 22.9 Å².